The highest BCUT2D eigenvalue weighted by atomic mass is 32.1. The molecule has 0 radical (unpaired) electrons. The Balaban J connectivity index is 1.39. The van der Waals surface area contributed by atoms with E-state index in [-0.39, 0.29) is 11.9 Å². The first kappa shape index (κ1) is 17.7. The van der Waals surface area contributed by atoms with E-state index in [0.717, 1.165) is 29.4 Å². The van der Waals surface area contributed by atoms with Crippen molar-refractivity contribution in [3.63, 3.8) is 0 Å². The van der Waals surface area contributed by atoms with E-state index in [4.69, 9.17) is 0 Å². The van der Waals surface area contributed by atoms with Gasteiger partial charge in [-0.2, -0.15) is 26.3 Å². The monoisotopic (exact) mass is 383 g/mol. The molecule has 1 fully saturated rings. The second-order valence-electron chi connectivity index (χ2n) is 6.74. The predicted molar refractivity (Wildman–Crippen MR) is 103 cm³/mol. The highest BCUT2D eigenvalue weighted by Crippen LogP contribution is 2.23. The van der Waals surface area contributed by atoms with Crippen molar-refractivity contribution >= 4 is 34.7 Å². The predicted octanol–water partition coefficient (Wildman–Crippen LogP) is 2.01. The van der Waals surface area contributed by atoms with Crippen LogP contribution in [0.2, 0.25) is 0 Å². The van der Waals surface area contributed by atoms with E-state index >= 15 is 0 Å². The van der Waals surface area contributed by atoms with Gasteiger partial charge < -0.3 is 10.2 Å². The highest BCUT2D eigenvalue weighted by molar-refractivity contribution is 7.07. The number of benzene rings is 1. The van der Waals surface area contributed by atoms with Crippen molar-refractivity contribution in [2.45, 2.75) is 31.3 Å². The number of nitrogens with one attached hydrogen (secondary N) is 1. The number of hydrogen-bond acceptors (Lipinski definition) is 5. The molecule has 1 aliphatic rings. The van der Waals surface area contributed by atoms with Crippen molar-refractivity contribution in [2.24, 2.45) is 0 Å². The minimum atomic E-state index is -0.515. The third-order valence-electron chi connectivity index (χ3n) is 4.99. The molecule has 27 heavy (non-hydrogen) atoms. The van der Waals surface area contributed by atoms with Gasteiger partial charge >= 0.3 is 0 Å². The summed E-state index contributed by atoms with van der Waals surface area (Å²) in [4.78, 5) is 27.5. The Morgan fingerprint density at radius 1 is 1.22 bits per heavy atom. The summed E-state index contributed by atoms with van der Waals surface area (Å²) in [5.41, 5.74) is 2.85. The van der Waals surface area contributed by atoms with Crippen molar-refractivity contribution in [1.82, 2.24) is 25.2 Å². The molecule has 1 saturated heterocycles. The number of amides is 2. The first-order valence-corrected chi connectivity index (χ1v) is 10.00. The van der Waals surface area contributed by atoms with Crippen LogP contribution in [0.25, 0.3) is 11.0 Å². The Morgan fingerprint density at radius 3 is 2.52 bits per heavy atom. The molecule has 140 valence electrons. The molecule has 1 aromatic carbocycles. The number of nitrogens with zero attached hydrogens (tertiary/aromatic N) is 4. The standard InChI is InChI=1S/C19H21N5O2S/c25-13-20-18(11-14-7-10-27-12-14)19(26)23-8-5-15(6-9-23)24-21-16-3-1-2-4-17(16)22-24/h1-4,7,10,12-13,15,18H,5-6,8-9,11H2,(H,20,25). The molecule has 1 aliphatic heterocycles. The molecule has 0 aliphatic carbocycles. The number of piperidine rings is 1. The van der Waals surface area contributed by atoms with Crippen LogP contribution in [0.3, 0.4) is 0 Å². The van der Waals surface area contributed by atoms with Crippen molar-refractivity contribution < 1.29 is 9.59 Å². The minimum Gasteiger partial charge on any atom is -0.347 e. The molecule has 1 unspecified atom stereocenters. The minimum absolute atomic E-state index is 0.0228. The second kappa shape index (κ2) is 7.87. The fourth-order valence-corrected chi connectivity index (χ4v) is 4.20. The molecule has 1 N–H and O–H groups in total. The van der Waals surface area contributed by atoms with Gasteiger partial charge in [-0.25, -0.2) is 0 Å². The van der Waals surface area contributed by atoms with E-state index in [1.807, 2.05) is 46.0 Å². The normalized spacial score (nSPS) is 16.4. The number of carbonyl (C=O) groups excluding carboxylic acids is 2. The summed E-state index contributed by atoms with van der Waals surface area (Å²) in [5, 5.41) is 15.8. The smallest absolute Gasteiger partial charge is 0.245 e. The third kappa shape index (κ3) is 3.85. The van der Waals surface area contributed by atoms with E-state index in [9.17, 15) is 9.59 Å². The maximum atomic E-state index is 12.9. The number of rotatable bonds is 6. The SMILES string of the molecule is O=CNC(Cc1ccsc1)C(=O)N1CCC(n2nc3ccccc3n2)CC1. The zero-order chi connectivity index (χ0) is 18.6. The molecule has 3 aromatic rings. The molecule has 7 nitrogen and oxygen atoms in total. The first-order chi connectivity index (χ1) is 13.2. The van der Waals surface area contributed by atoms with Crippen LogP contribution in [-0.4, -0.2) is 51.3 Å². The Bertz CT molecular complexity index is 882. The van der Waals surface area contributed by atoms with Crippen LogP contribution in [0.5, 0.6) is 0 Å². The lowest BCUT2D eigenvalue weighted by Gasteiger charge is -2.33. The molecular formula is C19H21N5O2S. The summed E-state index contributed by atoms with van der Waals surface area (Å²) in [6, 6.07) is 9.48. The molecule has 4 rings (SSSR count). The molecule has 1 atom stereocenters. The maximum Gasteiger partial charge on any atom is 0.245 e. The molecule has 0 spiro atoms. The molecule has 8 heteroatoms. The third-order valence-corrected chi connectivity index (χ3v) is 5.72. The van der Waals surface area contributed by atoms with Crippen LogP contribution in [0.4, 0.5) is 0 Å². The molecule has 0 saturated carbocycles. The number of hydrogen-bond donors (Lipinski definition) is 1. The van der Waals surface area contributed by atoms with Gasteiger partial charge in [-0.05, 0) is 47.4 Å². The van der Waals surface area contributed by atoms with Crippen molar-refractivity contribution in [1.29, 1.82) is 0 Å². The zero-order valence-electron chi connectivity index (χ0n) is 14.8. The largest absolute Gasteiger partial charge is 0.347 e. The van der Waals surface area contributed by atoms with E-state index in [2.05, 4.69) is 15.5 Å². The van der Waals surface area contributed by atoms with E-state index in [0.29, 0.717) is 25.9 Å². The summed E-state index contributed by atoms with van der Waals surface area (Å²) in [6.45, 7) is 1.28. The maximum absolute atomic E-state index is 12.9. The summed E-state index contributed by atoms with van der Waals surface area (Å²) in [5.74, 6) is -0.0228. The lowest BCUT2D eigenvalue weighted by Crippen LogP contribution is -2.50. The Labute approximate surface area is 161 Å². The second-order valence-corrected chi connectivity index (χ2v) is 7.52. The van der Waals surface area contributed by atoms with Gasteiger partial charge in [0.15, 0.2) is 0 Å². The summed E-state index contributed by atoms with van der Waals surface area (Å²) >= 11 is 1.59. The fraction of sp³-hybridized carbons (Fsp3) is 0.368. The molecular weight excluding hydrogens is 362 g/mol. The summed E-state index contributed by atoms with van der Waals surface area (Å²) < 4.78 is 0. The number of carbonyl (C=O) groups is 2. The molecule has 2 aromatic heterocycles. The van der Waals surface area contributed by atoms with Gasteiger partial charge in [0.2, 0.25) is 12.3 Å². The number of thiophene rings is 1. The van der Waals surface area contributed by atoms with Crippen LogP contribution in [0.15, 0.2) is 41.1 Å². The lowest BCUT2D eigenvalue weighted by atomic mass is 10.0. The van der Waals surface area contributed by atoms with Gasteiger partial charge in [-0.3, -0.25) is 9.59 Å². The highest BCUT2D eigenvalue weighted by Gasteiger charge is 2.29. The average molecular weight is 383 g/mol. The number of aromatic nitrogens is 3. The van der Waals surface area contributed by atoms with E-state index in [1.165, 1.54) is 0 Å². The number of fused-ring (bicyclic) bond motifs is 1. The fourth-order valence-electron chi connectivity index (χ4n) is 3.52. The van der Waals surface area contributed by atoms with Gasteiger partial charge in [-0.1, -0.05) is 12.1 Å². The number of likely N-dealkylation sites (tertiary alicyclic amines) is 1. The van der Waals surface area contributed by atoms with E-state index in [1.54, 1.807) is 16.1 Å². The van der Waals surface area contributed by atoms with Gasteiger partial charge in [-0.15, -0.1) is 0 Å². The topological polar surface area (TPSA) is 80.1 Å². The lowest BCUT2D eigenvalue weighted by molar-refractivity contribution is -0.136. The Kier molecular flexibility index (Phi) is 5.15. The molecule has 2 amide bonds. The first-order valence-electron chi connectivity index (χ1n) is 9.06. The Morgan fingerprint density at radius 2 is 1.93 bits per heavy atom. The van der Waals surface area contributed by atoms with Gasteiger partial charge in [0.25, 0.3) is 0 Å². The van der Waals surface area contributed by atoms with Crippen LogP contribution in [-0.2, 0) is 16.0 Å². The Hall–Kier alpha value is -2.74. The summed E-state index contributed by atoms with van der Waals surface area (Å²) in [7, 11) is 0. The van der Waals surface area contributed by atoms with Gasteiger partial charge in [0.1, 0.15) is 17.1 Å². The van der Waals surface area contributed by atoms with Crippen LogP contribution in [0.1, 0.15) is 24.4 Å². The van der Waals surface area contributed by atoms with Crippen LogP contribution < -0.4 is 5.32 Å². The van der Waals surface area contributed by atoms with Crippen LogP contribution in [0, 0.1) is 0 Å². The van der Waals surface area contributed by atoms with Crippen molar-refractivity contribution in [2.75, 3.05) is 13.1 Å². The molecule has 3 heterocycles. The molecule has 0 bridgehead atoms. The van der Waals surface area contributed by atoms with Gasteiger partial charge in [0, 0.05) is 19.5 Å². The average Bonchev–Trinajstić information content (AvgIpc) is 3.36. The van der Waals surface area contributed by atoms with E-state index < -0.39 is 6.04 Å². The van der Waals surface area contributed by atoms with Crippen LogP contribution >= 0.6 is 11.3 Å². The quantitative estimate of drug-likeness (QED) is 0.661. The van der Waals surface area contributed by atoms with Crippen molar-refractivity contribution in [3.05, 3.63) is 46.7 Å². The summed E-state index contributed by atoms with van der Waals surface area (Å²) in [6.07, 6.45) is 2.74. The zero-order valence-corrected chi connectivity index (χ0v) is 15.6. The van der Waals surface area contributed by atoms with Crippen molar-refractivity contribution in [3.8, 4) is 0 Å². The van der Waals surface area contributed by atoms with Gasteiger partial charge in [0.05, 0.1) is 6.04 Å².